The maximum absolute atomic E-state index is 12.3. The molecule has 3 rings (SSSR count). The van der Waals surface area contributed by atoms with Gasteiger partial charge in [0.05, 0.1) is 6.04 Å². The molecule has 1 unspecified atom stereocenters. The van der Waals surface area contributed by atoms with Gasteiger partial charge in [-0.15, -0.1) is 0 Å². The number of nitrogens with zero attached hydrogens (tertiary/aromatic N) is 1. The van der Waals surface area contributed by atoms with Gasteiger partial charge in [0.25, 0.3) is 0 Å². The highest BCUT2D eigenvalue weighted by molar-refractivity contribution is 5.98. The predicted molar refractivity (Wildman–Crippen MR) is 77.9 cm³/mol. The average molecular weight is 273 g/mol. The molecule has 5 heteroatoms. The summed E-state index contributed by atoms with van der Waals surface area (Å²) in [4.78, 5) is 25.7. The van der Waals surface area contributed by atoms with Crippen LogP contribution in [0.2, 0.25) is 0 Å². The zero-order chi connectivity index (χ0) is 14.1. The summed E-state index contributed by atoms with van der Waals surface area (Å²) in [6, 6.07) is 5.90. The van der Waals surface area contributed by atoms with Crippen LogP contribution in [0.4, 0.5) is 11.4 Å². The fourth-order valence-electron chi connectivity index (χ4n) is 2.92. The van der Waals surface area contributed by atoms with E-state index in [1.807, 2.05) is 19.2 Å². The summed E-state index contributed by atoms with van der Waals surface area (Å²) in [6.07, 6.45) is 1.85. The molecule has 5 nitrogen and oxygen atoms in total. The number of carbonyl (C=O) groups is 2. The first-order chi connectivity index (χ1) is 9.67. The fraction of sp³-hybridized carbons (Fsp3) is 0.467. The van der Waals surface area contributed by atoms with Crippen molar-refractivity contribution in [3.05, 3.63) is 23.8 Å². The SMILES string of the molecule is CNc1ccc2c(c1)NC(=O)C(N1CCC(=O)CC1)C2. The van der Waals surface area contributed by atoms with Gasteiger partial charge in [-0.1, -0.05) is 6.07 Å². The Labute approximate surface area is 118 Å². The third-order valence-electron chi connectivity index (χ3n) is 4.17. The maximum atomic E-state index is 12.3. The molecule has 1 fully saturated rings. The monoisotopic (exact) mass is 273 g/mol. The number of carbonyl (C=O) groups excluding carboxylic acids is 2. The Hall–Kier alpha value is -1.88. The Kier molecular flexibility index (Phi) is 3.44. The Morgan fingerprint density at radius 1 is 1.25 bits per heavy atom. The summed E-state index contributed by atoms with van der Waals surface area (Å²) in [7, 11) is 1.86. The first-order valence-corrected chi connectivity index (χ1v) is 7.04. The normalized spacial score (nSPS) is 23.1. The minimum atomic E-state index is -0.143. The summed E-state index contributed by atoms with van der Waals surface area (Å²) >= 11 is 0. The molecule has 0 aliphatic carbocycles. The standard InChI is InChI=1S/C15H19N3O2/c1-16-11-3-2-10-8-14(15(20)17-13(10)9-11)18-6-4-12(19)5-7-18/h2-3,9,14,16H,4-8H2,1H3,(H,17,20). The van der Waals surface area contributed by atoms with Gasteiger partial charge in [0.2, 0.25) is 5.91 Å². The minimum absolute atomic E-state index is 0.0418. The summed E-state index contributed by atoms with van der Waals surface area (Å²) in [5.74, 6) is 0.344. The number of nitrogens with one attached hydrogen (secondary N) is 2. The van der Waals surface area contributed by atoms with E-state index >= 15 is 0 Å². The number of ketones is 1. The van der Waals surface area contributed by atoms with E-state index in [4.69, 9.17) is 0 Å². The van der Waals surface area contributed by atoms with Gasteiger partial charge >= 0.3 is 0 Å². The molecule has 0 aromatic heterocycles. The van der Waals surface area contributed by atoms with Crippen LogP contribution in [-0.2, 0) is 16.0 Å². The van der Waals surface area contributed by atoms with Crippen LogP contribution in [0, 0.1) is 0 Å². The van der Waals surface area contributed by atoms with Crippen molar-refractivity contribution in [3.8, 4) is 0 Å². The largest absolute Gasteiger partial charge is 0.388 e. The van der Waals surface area contributed by atoms with Gasteiger partial charge in [0.15, 0.2) is 0 Å². The Balaban J connectivity index is 1.79. The fourth-order valence-corrected chi connectivity index (χ4v) is 2.92. The molecule has 20 heavy (non-hydrogen) atoms. The van der Waals surface area contributed by atoms with Crippen LogP contribution in [-0.4, -0.2) is 42.8 Å². The molecule has 0 spiro atoms. The number of hydrogen-bond donors (Lipinski definition) is 2. The van der Waals surface area contributed by atoms with Crippen molar-refractivity contribution >= 4 is 23.1 Å². The van der Waals surface area contributed by atoms with Gasteiger partial charge < -0.3 is 10.6 Å². The molecule has 0 radical (unpaired) electrons. The van der Waals surface area contributed by atoms with Crippen LogP contribution < -0.4 is 10.6 Å². The van der Waals surface area contributed by atoms with Crippen LogP contribution >= 0.6 is 0 Å². The van der Waals surface area contributed by atoms with Gasteiger partial charge in [-0.05, 0) is 24.1 Å². The Bertz CT molecular complexity index is 546. The van der Waals surface area contributed by atoms with E-state index in [2.05, 4.69) is 21.6 Å². The third kappa shape index (κ3) is 2.41. The molecule has 1 amide bonds. The number of hydrogen-bond acceptors (Lipinski definition) is 4. The van der Waals surface area contributed by atoms with E-state index in [1.165, 1.54) is 0 Å². The van der Waals surface area contributed by atoms with E-state index in [-0.39, 0.29) is 11.9 Å². The molecule has 1 atom stereocenters. The lowest BCUT2D eigenvalue weighted by molar-refractivity contribution is -0.127. The molecule has 1 aromatic rings. The molecular formula is C15H19N3O2. The van der Waals surface area contributed by atoms with Crippen LogP contribution in [0.3, 0.4) is 0 Å². The molecule has 0 saturated carbocycles. The zero-order valence-electron chi connectivity index (χ0n) is 11.6. The second-order valence-corrected chi connectivity index (χ2v) is 5.41. The number of amides is 1. The molecule has 2 N–H and O–H groups in total. The molecule has 2 aliphatic rings. The summed E-state index contributed by atoms with van der Waals surface area (Å²) in [5.41, 5.74) is 3.04. The van der Waals surface area contributed by atoms with Gasteiger partial charge in [-0.2, -0.15) is 0 Å². The van der Waals surface area contributed by atoms with Gasteiger partial charge in [0, 0.05) is 44.4 Å². The van der Waals surface area contributed by atoms with Crippen molar-refractivity contribution in [2.24, 2.45) is 0 Å². The van der Waals surface area contributed by atoms with Crippen LogP contribution in [0.15, 0.2) is 18.2 Å². The lowest BCUT2D eigenvalue weighted by Crippen LogP contribution is -2.50. The summed E-state index contributed by atoms with van der Waals surface area (Å²) in [6.45, 7) is 1.39. The third-order valence-corrected chi connectivity index (χ3v) is 4.17. The number of benzene rings is 1. The van der Waals surface area contributed by atoms with Crippen LogP contribution in [0.25, 0.3) is 0 Å². The first-order valence-electron chi connectivity index (χ1n) is 7.04. The number of Topliss-reactive ketones (excluding diaryl/α,β-unsaturated/α-hetero) is 1. The van der Waals surface area contributed by atoms with Crippen molar-refractivity contribution in [1.29, 1.82) is 0 Å². The van der Waals surface area contributed by atoms with E-state index in [1.54, 1.807) is 0 Å². The second kappa shape index (κ2) is 5.25. The molecule has 1 saturated heterocycles. The highest BCUT2D eigenvalue weighted by Crippen LogP contribution is 2.28. The van der Waals surface area contributed by atoms with E-state index in [0.29, 0.717) is 31.7 Å². The zero-order valence-corrected chi connectivity index (χ0v) is 11.6. The smallest absolute Gasteiger partial charge is 0.242 e. The minimum Gasteiger partial charge on any atom is -0.388 e. The Morgan fingerprint density at radius 2 is 2.00 bits per heavy atom. The van der Waals surface area contributed by atoms with Gasteiger partial charge in [-0.3, -0.25) is 14.5 Å². The van der Waals surface area contributed by atoms with Crippen LogP contribution in [0.1, 0.15) is 18.4 Å². The molecule has 2 heterocycles. The molecular weight excluding hydrogens is 254 g/mol. The molecule has 0 bridgehead atoms. The van der Waals surface area contributed by atoms with Crippen LogP contribution in [0.5, 0.6) is 0 Å². The summed E-state index contributed by atoms with van der Waals surface area (Å²) in [5, 5.41) is 6.06. The number of rotatable bonds is 2. The van der Waals surface area contributed by atoms with Crippen molar-refractivity contribution in [1.82, 2.24) is 4.90 Å². The molecule has 1 aromatic carbocycles. The average Bonchev–Trinajstić information content (AvgIpc) is 2.47. The maximum Gasteiger partial charge on any atom is 0.242 e. The van der Waals surface area contributed by atoms with E-state index in [0.717, 1.165) is 23.4 Å². The van der Waals surface area contributed by atoms with Crippen molar-refractivity contribution in [2.45, 2.75) is 25.3 Å². The topological polar surface area (TPSA) is 61.4 Å². The number of piperidine rings is 1. The highest BCUT2D eigenvalue weighted by atomic mass is 16.2. The lowest BCUT2D eigenvalue weighted by Gasteiger charge is -2.36. The van der Waals surface area contributed by atoms with Crippen molar-refractivity contribution < 1.29 is 9.59 Å². The highest BCUT2D eigenvalue weighted by Gasteiger charge is 2.33. The first kappa shape index (κ1) is 13.1. The van der Waals surface area contributed by atoms with Gasteiger partial charge in [-0.25, -0.2) is 0 Å². The number of fused-ring (bicyclic) bond motifs is 1. The number of likely N-dealkylation sites (tertiary alicyclic amines) is 1. The Morgan fingerprint density at radius 3 is 2.70 bits per heavy atom. The second-order valence-electron chi connectivity index (χ2n) is 5.41. The van der Waals surface area contributed by atoms with E-state index < -0.39 is 0 Å². The summed E-state index contributed by atoms with van der Waals surface area (Å²) < 4.78 is 0. The van der Waals surface area contributed by atoms with Crippen molar-refractivity contribution in [2.75, 3.05) is 30.8 Å². The van der Waals surface area contributed by atoms with Crippen molar-refractivity contribution in [3.63, 3.8) is 0 Å². The quantitative estimate of drug-likeness (QED) is 0.851. The molecule has 106 valence electrons. The van der Waals surface area contributed by atoms with E-state index in [9.17, 15) is 9.59 Å². The lowest BCUT2D eigenvalue weighted by atomic mass is 9.95. The molecule has 2 aliphatic heterocycles. The predicted octanol–water partition coefficient (Wildman–Crippen LogP) is 1.26. The number of anilines is 2. The van der Waals surface area contributed by atoms with Gasteiger partial charge in [0.1, 0.15) is 5.78 Å².